The van der Waals surface area contributed by atoms with Crippen molar-refractivity contribution >= 4 is 17.7 Å². The standard InChI is InChI=1S/C9H18ClNO2/c1-7(10)5-6-11-8(12)13-9(2,3)4/h7H,5-6H2,1-4H3,(H,11,12). The molecule has 78 valence electrons. The predicted octanol–water partition coefficient (Wildman–Crippen LogP) is 2.53. The van der Waals surface area contributed by atoms with Crippen LogP contribution in [0.1, 0.15) is 34.1 Å². The molecule has 0 aliphatic rings. The lowest BCUT2D eigenvalue weighted by molar-refractivity contribution is 0.0527. The van der Waals surface area contributed by atoms with Gasteiger partial charge in [0, 0.05) is 11.9 Å². The summed E-state index contributed by atoms with van der Waals surface area (Å²) in [7, 11) is 0. The van der Waals surface area contributed by atoms with Gasteiger partial charge in [-0.1, -0.05) is 0 Å². The Morgan fingerprint density at radius 3 is 2.46 bits per heavy atom. The highest BCUT2D eigenvalue weighted by Gasteiger charge is 2.15. The van der Waals surface area contributed by atoms with Crippen molar-refractivity contribution in [2.45, 2.75) is 45.1 Å². The molecule has 0 saturated heterocycles. The van der Waals surface area contributed by atoms with Gasteiger partial charge in [-0.25, -0.2) is 4.79 Å². The number of nitrogens with one attached hydrogen (secondary N) is 1. The van der Waals surface area contributed by atoms with E-state index in [0.717, 1.165) is 6.42 Å². The van der Waals surface area contributed by atoms with Gasteiger partial charge in [-0.15, -0.1) is 11.6 Å². The summed E-state index contributed by atoms with van der Waals surface area (Å²) < 4.78 is 5.03. The second kappa shape index (κ2) is 5.32. The number of hydrogen-bond acceptors (Lipinski definition) is 2. The molecule has 0 aliphatic carbocycles. The SMILES string of the molecule is CC(Cl)CCNC(=O)OC(C)(C)C. The van der Waals surface area contributed by atoms with E-state index in [1.54, 1.807) is 0 Å². The molecule has 0 saturated carbocycles. The van der Waals surface area contributed by atoms with Crippen molar-refractivity contribution in [1.82, 2.24) is 5.32 Å². The molecule has 4 heteroatoms. The van der Waals surface area contributed by atoms with Crippen LogP contribution in [0.5, 0.6) is 0 Å². The lowest BCUT2D eigenvalue weighted by atomic mass is 10.2. The van der Waals surface area contributed by atoms with E-state index in [-0.39, 0.29) is 11.5 Å². The largest absolute Gasteiger partial charge is 0.444 e. The lowest BCUT2D eigenvalue weighted by Gasteiger charge is -2.19. The van der Waals surface area contributed by atoms with Gasteiger partial charge in [0.25, 0.3) is 0 Å². The van der Waals surface area contributed by atoms with Crippen LogP contribution < -0.4 is 5.32 Å². The molecule has 1 N–H and O–H groups in total. The number of rotatable bonds is 3. The Hall–Kier alpha value is -0.440. The summed E-state index contributed by atoms with van der Waals surface area (Å²) in [5.74, 6) is 0. The molecule has 0 rings (SSSR count). The van der Waals surface area contributed by atoms with E-state index in [2.05, 4.69) is 5.32 Å². The molecule has 0 bridgehead atoms. The second-order valence-corrected chi connectivity index (χ2v) is 4.74. The highest BCUT2D eigenvalue weighted by Crippen LogP contribution is 2.06. The first-order valence-corrected chi connectivity index (χ1v) is 4.86. The third kappa shape index (κ3) is 9.47. The van der Waals surface area contributed by atoms with E-state index in [1.165, 1.54) is 0 Å². The molecule has 0 aliphatic heterocycles. The molecule has 0 fully saturated rings. The fraction of sp³-hybridized carbons (Fsp3) is 0.889. The summed E-state index contributed by atoms with van der Waals surface area (Å²) in [4.78, 5) is 11.1. The number of alkyl halides is 1. The van der Waals surface area contributed by atoms with E-state index >= 15 is 0 Å². The summed E-state index contributed by atoms with van der Waals surface area (Å²) in [6.07, 6.45) is 0.366. The van der Waals surface area contributed by atoms with Gasteiger partial charge in [-0.3, -0.25) is 0 Å². The van der Waals surface area contributed by atoms with E-state index in [4.69, 9.17) is 16.3 Å². The van der Waals surface area contributed by atoms with Crippen molar-refractivity contribution < 1.29 is 9.53 Å². The van der Waals surface area contributed by atoms with Gasteiger partial charge in [0.15, 0.2) is 0 Å². The van der Waals surface area contributed by atoms with Crippen LogP contribution >= 0.6 is 11.6 Å². The van der Waals surface area contributed by atoms with Crippen molar-refractivity contribution in [1.29, 1.82) is 0 Å². The average Bonchev–Trinajstić information content (AvgIpc) is 1.81. The molecule has 0 aromatic carbocycles. The van der Waals surface area contributed by atoms with E-state index < -0.39 is 5.60 Å². The Labute approximate surface area is 84.8 Å². The van der Waals surface area contributed by atoms with Crippen LogP contribution in [0.2, 0.25) is 0 Å². The lowest BCUT2D eigenvalue weighted by Crippen LogP contribution is -2.33. The number of hydrogen-bond donors (Lipinski definition) is 1. The molecule has 13 heavy (non-hydrogen) atoms. The molecular weight excluding hydrogens is 190 g/mol. The predicted molar refractivity (Wildman–Crippen MR) is 54.2 cm³/mol. The molecule has 1 amide bonds. The minimum absolute atomic E-state index is 0.0786. The van der Waals surface area contributed by atoms with Crippen LogP contribution in [-0.4, -0.2) is 23.6 Å². The maximum Gasteiger partial charge on any atom is 0.407 e. The second-order valence-electron chi connectivity index (χ2n) is 4.00. The Kier molecular flexibility index (Phi) is 5.14. The third-order valence-electron chi connectivity index (χ3n) is 1.21. The van der Waals surface area contributed by atoms with Gasteiger partial charge >= 0.3 is 6.09 Å². The van der Waals surface area contributed by atoms with E-state index in [9.17, 15) is 4.79 Å². The average molecular weight is 208 g/mol. The molecule has 0 radical (unpaired) electrons. The minimum atomic E-state index is -0.434. The summed E-state index contributed by atoms with van der Waals surface area (Å²) >= 11 is 5.70. The fourth-order valence-corrected chi connectivity index (χ4v) is 0.796. The van der Waals surface area contributed by atoms with Gasteiger partial charge in [-0.2, -0.15) is 0 Å². The van der Waals surface area contributed by atoms with Gasteiger partial charge in [0.05, 0.1) is 0 Å². The van der Waals surface area contributed by atoms with Gasteiger partial charge in [0.1, 0.15) is 5.60 Å². The van der Waals surface area contributed by atoms with Crippen LogP contribution in [0, 0.1) is 0 Å². The van der Waals surface area contributed by atoms with Gasteiger partial charge < -0.3 is 10.1 Å². The van der Waals surface area contributed by atoms with Crippen LogP contribution in [0.3, 0.4) is 0 Å². The van der Waals surface area contributed by atoms with E-state index in [1.807, 2.05) is 27.7 Å². The van der Waals surface area contributed by atoms with Crippen LogP contribution in [0.25, 0.3) is 0 Å². The highest BCUT2D eigenvalue weighted by atomic mass is 35.5. The zero-order valence-corrected chi connectivity index (χ0v) is 9.44. The minimum Gasteiger partial charge on any atom is -0.444 e. The molecule has 1 atom stereocenters. The van der Waals surface area contributed by atoms with Crippen molar-refractivity contribution in [2.24, 2.45) is 0 Å². The van der Waals surface area contributed by atoms with Crippen molar-refractivity contribution in [3.05, 3.63) is 0 Å². The van der Waals surface area contributed by atoms with Crippen LogP contribution in [0.4, 0.5) is 4.79 Å². The molecule has 3 nitrogen and oxygen atoms in total. The van der Waals surface area contributed by atoms with Crippen molar-refractivity contribution in [2.75, 3.05) is 6.54 Å². The van der Waals surface area contributed by atoms with Crippen molar-refractivity contribution in [3.8, 4) is 0 Å². The Morgan fingerprint density at radius 2 is 2.08 bits per heavy atom. The molecule has 0 aromatic heterocycles. The molecule has 0 spiro atoms. The number of amides is 1. The maximum atomic E-state index is 11.1. The molecular formula is C9H18ClNO2. The van der Waals surface area contributed by atoms with Crippen molar-refractivity contribution in [3.63, 3.8) is 0 Å². The first kappa shape index (κ1) is 12.6. The number of alkyl carbamates (subject to hydrolysis) is 1. The maximum absolute atomic E-state index is 11.1. The van der Waals surface area contributed by atoms with Crippen LogP contribution in [-0.2, 0) is 4.74 Å². The van der Waals surface area contributed by atoms with Crippen LogP contribution in [0.15, 0.2) is 0 Å². The zero-order chi connectivity index (χ0) is 10.5. The highest BCUT2D eigenvalue weighted by molar-refractivity contribution is 6.20. The summed E-state index contributed by atoms with van der Waals surface area (Å²) in [6.45, 7) is 7.93. The first-order valence-electron chi connectivity index (χ1n) is 4.42. The zero-order valence-electron chi connectivity index (χ0n) is 8.69. The fourth-order valence-electron chi connectivity index (χ4n) is 0.687. The Morgan fingerprint density at radius 1 is 1.54 bits per heavy atom. The third-order valence-corrected chi connectivity index (χ3v) is 1.43. The monoisotopic (exact) mass is 207 g/mol. The van der Waals surface area contributed by atoms with Gasteiger partial charge in [0.2, 0.25) is 0 Å². The van der Waals surface area contributed by atoms with E-state index in [0.29, 0.717) is 6.54 Å². The van der Waals surface area contributed by atoms with Gasteiger partial charge in [-0.05, 0) is 34.1 Å². The quantitative estimate of drug-likeness (QED) is 0.723. The normalized spacial score (nSPS) is 13.6. The summed E-state index contributed by atoms with van der Waals surface area (Å²) in [5, 5.41) is 2.70. The summed E-state index contributed by atoms with van der Waals surface area (Å²) in [6, 6.07) is 0. The molecule has 0 heterocycles. The smallest absolute Gasteiger partial charge is 0.407 e. The Bertz CT molecular complexity index is 163. The molecule has 0 aromatic rings. The number of halogens is 1. The molecule has 1 unspecified atom stereocenters. The Balaban J connectivity index is 3.53. The first-order chi connectivity index (χ1) is 5.81. The summed E-state index contributed by atoms with van der Waals surface area (Å²) in [5.41, 5.74) is -0.434. The number of carbonyl (C=O) groups is 1. The number of ether oxygens (including phenoxy) is 1. The topological polar surface area (TPSA) is 38.3 Å². The number of carbonyl (C=O) groups excluding carboxylic acids is 1.